The van der Waals surface area contributed by atoms with Crippen LogP contribution in [0.15, 0.2) is 18.2 Å². The van der Waals surface area contributed by atoms with Crippen LogP contribution in [0.3, 0.4) is 0 Å². The second-order valence-corrected chi connectivity index (χ2v) is 6.20. The Hall–Kier alpha value is -2.64. The third-order valence-electron chi connectivity index (χ3n) is 4.57. The Morgan fingerprint density at radius 2 is 2.00 bits per heavy atom. The molecule has 136 valence electrons. The lowest BCUT2D eigenvalue weighted by atomic mass is 9.74. The number of amides is 1. The second kappa shape index (κ2) is 7.96. The molecular weight excluding hydrogens is 328 g/mol. The first-order chi connectivity index (χ1) is 11.9. The Bertz CT molecular complexity index is 667. The zero-order valence-corrected chi connectivity index (χ0v) is 14.1. The van der Waals surface area contributed by atoms with Gasteiger partial charge in [-0.05, 0) is 31.9 Å². The van der Waals surface area contributed by atoms with Crippen molar-refractivity contribution in [1.29, 1.82) is 0 Å². The Balaban J connectivity index is 2.20. The van der Waals surface area contributed by atoms with Crippen molar-refractivity contribution in [3.8, 4) is 5.75 Å². The maximum Gasteiger partial charge on any atom is 0.311 e. The van der Waals surface area contributed by atoms with Gasteiger partial charge in [0.25, 0.3) is 11.6 Å². The molecule has 0 bridgehead atoms. The van der Waals surface area contributed by atoms with E-state index in [1.54, 1.807) is 6.92 Å². The van der Waals surface area contributed by atoms with Crippen molar-refractivity contribution in [3.05, 3.63) is 33.9 Å². The minimum Gasteiger partial charge on any atom is -0.494 e. The molecule has 0 aromatic heterocycles. The highest BCUT2D eigenvalue weighted by atomic mass is 16.6. The highest BCUT2D eigenvalue weighted by Gasteiger charge is 2.40. The monoisotopic (exact) mass is 350 g/mol. The van der Waals surface area contributed by atoms with Crippen molar-refractivity contribution in [1.82, 2.24) is 5.32 Å². The maximum atomic E-state index is 12.5. The summed E-state index contributed by atoms with van der Waals surface area (Å²) in [5.74, 6) is -1.26. The summed E-state index contributed by atoms with van der Waals surface area (Å²) in [4.78, 5) is 34.7. The van der Waals surface area contributed by atoms with Crippen LogP contribution in [-0.2, 0) is 4.79 Å². The summed E-state index contributed by atoms with van der Waals surface area (Å²) in [6, 6.07) is 3.96. The lowest BCUT2D eigenvalue weighted by molar-refractivity contribution is -0.385. The van der Waals surface area contributed by atoms with Crippen LogP contribution in [0.25, 0.3) is 0 Å². The number of ether oxygens (including phenoxy) is 1. The first-order valence-electron chi connectivity index (χ1n) is 8.32. The van der Waals surface area contributed by atoms with E-state index in [2.05, 4.69) is 5.32 Å². The lowest BCUT2D eigenvalue weighted by Gasteiger charge is -2.33. The van der Waals surface area contributed by atoms with E-state index >= 15 is 0 Å². The van der Waals surface area contributed by atoms with Gasteiger partial charge in [0.1, 0.15) is 11.3 Å². The van der Waals surface area contributed by atoms with Crippen LogP contribution in [0.1, 0.15) is 49.4 Å². The quantitative estimate of drug-likeness (QED) is 0.576. The van der Waals surface area contributed by atoms with Crippen molar-refractivity contribution in [3.63, 3.8) is 0 Å². The smallest absolute Gasteiger partial charge is 0.311 e. The number of rotatable bonds is 7. The van der Waals surface area contributed by atoms with Gasteiger partial charge in [-0.2, -0.15) is 0 Å². The van der Waals surface area contributed by atoms with E-state index in [1.165, 1.54) is 18.2 Å². The van der Waals surface area contributed by atoms with E-state index in [4.69, 9.17) is 4.74 Å². The summed E-state index contributed by atoms with van der Waals surface area (Å²) in [5.41, 5.74) is -1.47. The Labute approximate surface area is 145 Å². The standard InChI is InChI=1S/C17H22N2O6/c1-2-25-12-6-7-14(19(23)24)13(10-12)15(20)18-11-17(16(21)22)8-4-3-5-9-17/h6-7,10H,2-5,8-9,11H2,1H3,(H,18,20)(H,21,22). The van der Waals surface area contributed by atoms with E-state index < -0.39 is 22.2 Å². The number of nitro benzene ring substituents is 1. The molecule has 1 aromatic carbocycles. The normalized spacial score (nSPS) is 16.0. The molecule has 8 heteroatoms. The number of hydrogen-bond donors (Lipinski definition) is 2. The molecule has 0 atom stereocenters. The molecule has 0 saturated heterocycles. The highest BCUT2D eigenvalue weighted by Crippen LogP contribution is 2.36. The van der Waals surface area contributed by atoms with Gasteiger partial charge in [0.2, 0.25) is 0 Å². The molecule has 0 unspecified atom stereocenters. The number of carboxylic acid groups (broad SMARTS) is 1. The third-order valence-corrected chi connectivity index (χ3v) is 4.57. The minimum atomic E-state index is -1.000. The number of nitrogens with zero attached hydrogens (tertiary/aromatic N) is 1. The van der Waals surface area contributed by atoms with E-state index in [0.29, 0.717) is 25.2 Å². The van der Waals surface area contributed by atoms with Crippen LogP contribution in [0.4, 0.5) is 5.69 Å². The molecule has 2 N–H and O–H groups in total. The number of carboxylic acids is 1. The number of carbonyl (C=O) groups excluding carboxylic acids is 1. The van der Waals surface area contributed by atoms with Crippen LogP contribution in [-0.4, -0.2) is 35.1 Å². The lowest BCUT2D eigenvalue weighted by Crippen LogP contribution is -2.44. The van der Waals surface area contributed by atoms with Crippen molar-refractivity contribution in [2.24, 2.45) is 5.41 Å². The Morgan fingerprint density at radius 1 is 1.32 bits per heavy atom. The van der Waals surface area contributed by atoms with E-state index in [9.17, 15) is 24.8 Å². The van der Waals surface area contributed by atoms with Crippen LogP contribution in [0, 0.1) is 15.5 Å². The van der Waals surface area contributed by atoms with Gasteiger partial charge in [-0.1, -0.05) is 19.3 Å². The van der Waals surface area contributed by atoms with E-state index in [-0.39, 0.29) is 17.8 Å². The predicted octanol–water partition coefficient (Wildman–Crippen LogP) is 2.76. The fourth-order valence-corrected chi connectivity index (χ4v) is 3.15. The number of aliphatic carboxylic acids is 1. The zero-order chi connectivity index (χ0) is 18.4. The zero-order valence-electron chi connectivity index (χ0n) is 14.1. The average Bonchev–Trinajstić information content (AvgIpc) is 2.60. The van der Waals surface area contributed by atoms with Crippen LogP contribution >= 0.6 is 0 Å². The molecule has 0 heterocycles. The topological polar surface area (TPSA) is 119 Å². The molecule has 0 radical (unpaired) electrons. The van der Waals surface area contributed by atoms with Crippen molar-refractivity contribution < 1.29 is 24.4 Å². The van der Waals surface area contributed by atoms with Crippen molar-refractivity contribution in [2.45, 2.75) is 39.0 Å². The van der Waals surface area contributed by atoms with E-state index in [1.807, 2.05) is 0 Å². The van der Waals surface area contributed by atoms with Gasteiger partial charge in [-0.3, -0.25) is 19.7 Å². The van der Waals surface area contributed by atoms with Crippen molar-refractivity contribution in [2.75, 3.05) is 13.2 Å². The van der Waals surface area contributed by atoms with Crippen molar-refractivity contribution >= 4 is 17.6 Å². The first-order valence-corrected chi connectivity index (χ1v) is 8.32. The van der Waals surface area contributed by atoms with E-state index in [0.717, 1.165) is 19.3 Å². The van der Waals surface area contributed by atoms with Crippen LogP contribution in [0.5, 0.6) is 5.75 Å². The molecule has 1 saturated carbocycles. The number of nitrogens with one attached hydrogen (secondary N) is 1. The molecule has 0 aliphatic heterocycles. The predicted molar refractivity (Wildman–Crippen MR) is 89.8 cm³/mol. The fourth-order valence-electron chi connectivity index (χ4n) is 3.15. The SMILES string of the molecule is CCOc1ccc([N+](=O)[O-])c(C(=O)NCC2(C(=O)O)CCCCC2)c1. The van der Waals surface area contributed by atoms with Gasteiger partial charge in [0.15, 0.2) is 0 Å². The summed E-state index contributed by atoms with van der Waals surface area (Å²) < 4.78 is 5.29. The molecular formula is C17H22N2O6. The number of hydrogen-bond acceptors (Lipinski definition) is 5. The van der Waals surface area contributed by atoms with Gasteiger partial charge in [-0.25, -0.2) is 0 Å². The molecule has 25 heavy (non-hydrogen) atoms. The molecule has 1 aliphatic carbocycles. The third kappa shape index (κ3) is 4.26. The highest BCUT2D eigenvalue weighted by molar-refractivity contribution is 5.98. The molecule has 1 amide bonds. The number of carbonyl (C=O) groups is 2. The van der Waals surface area contributed by atoms with Crippen LogP contribution in [0.2, 0.25) is 0 Å². The summed E-state index contributed by atoms with van der Waals surface area (Å²) in [6.07, 6.45) is 3.54. The molecule has 1 aliphatic rings. The van der Waals surface area contributed by atoms with Crippen LogP contribution < -0.4 is 10.1 Å². The number of benzene rings is 1. The summed E-state index contributed by atoms with van der Waals surface area (Å²) >= 11 is 0. The molecule has 8 nitrogen and oxygen atoms in total. The van der Waals surface area contributed by atoms with Gasteiger partial charge < -0.3 is 15.2 Å². The van der Waals surface area contributed by atoms with Gasteiger partial charge >= 0.3 is 5.97 Å². The first kappa shape index (κ1) is 18.7. The minimum absolute atomic E-state index is 0.0445. The van der Waals surface area contributed by atoms with Gasteiger partial charge in [0.05, 0.1) is 16.9 Å². The molecule has 1 fully saturated rings. The summed E-state index contributed by atoms with van der Waals surface area (Å²) in [7, 11) is 0. The Morgan fingerprint density at radius 3 is 2.56 bits per heavy atom. The second-order valence-electron chi connectivity index (χ2n) is 6.20. The average molecular weight is 350 g/mol. The number of nitro groups is 1. The summed E-state index contributed by atoms with van der Waals surface area (Å²) in [5, 5.41) is 23.3. The summed E-state index contributed by atoms with van der Waals surface area (Å²) in [6.45, 7) is 2.08. The largest absolute Gasteiger partial charge is 0.494 e. The Kier molecular flexibility index (Phi) is 5.95. The molecule has 0 spiro atoms. The van der Waals surface area contributed by atoms with Gasteiger partial charge in [-0.15, -0.1) is 0 Å². The molecule has 1 aromatic rings. The van der Waals surface area contributed by atoms with Gasteiger partial charge in [0, 0.05) is 12.6 Å². The fraction of sp³-hybridized carbons (Fsp3) is 0.529. The molecule has 2 rings (SSSR count). The maximum absolute atomic E-state index is 12.5.